The molecule has 1 aromatic carbocycles. The second kappa shape index (κ2) is 2.35. The standard InChI is InChI=1S/C12H9NO/c1-8-6-7-11-12(14)9-4-2-3-5-10(9)13(8)11/h2-7H,1H3. The van der Waals surface area contributed by atoms with Crippen molar-refractivity contribution in [3.05, 3.63) is 53.3 Å². The van der Waals surface area contributed by atoms with Gasteiger partial charge in [0, 0.05) is 11.3 Å². The Bertz CT molecular complexity index is 537. The Kier molecular flexibility index (Phi) is 1.27. The molecular weight excluding hydrogens is 174 g/mol. The van der Waals surface area contributed by atoms with Crippen LogP contribution in [0.15, 0.2) is 36.4 Å². The van der Waals surface area contributed by atoms with Crippen LogP contribution in [-0.4, -0.2) is 10.4 Å². The summed E-state index contributed by atoms with van der Waals surface area (Å²) >= 11 is 0. The zero-order valence-corrected chi connectivity index (χ0v) is 7.82. The van der Waals surface area contributed by atoms with Crippen molar-refractivity contribution in [1.29, 1.82) is 0 Å². The van der Waals surface area contributed by atoms with Gasteiger partial charge in [-0.05, 0) is 31.2 Å². The van der Waals surface area contributed by atoms with Crippen LogP contribution in [0.5, 0.6) is 0 Å². The Morgan fingerprint density at radius 1 is 1.07 bits per heavy atom. The molecule has 14 heavy (non-hydrogen) atoms. The lowest BCUT2D eigenvalue weighted by atomic mass is 10.1. The summed E-state index contributed by atoms with van der Waals surface area (Å²) in [6.07, 6.45) is 0. The molecule has 2 nitrogen and oxygen atoms in total. The van der Waals surface area contributed by atoms with Crippen molar-refractivity contribution in [3.63, 3.8) is 0 Å². The van der Waals surface area contributed by atoms with Gasteiger partial charge in [0.25, 0.3) is 0 Å². The summed E-state index contributed by atoms with van der Waals surface area (Å²) in [5, 5.41) is 0. The number of nitrogens with zero attached hydrogens (tertiary/aromatic N) is 1. The lowest BCUT2D eigenvalue weighted by molar-refractivity contribution is 0.104. The molecule has 1 aliphatic heterocycles. The number of ketones is 1. The molecule has 68 valence electrons. The lowest BCUT2D eigenvalue weighted by Crippen LogP contribution is -1.95. The van der Waals surface area contributed by atoms with E-state index >= 15 is 0 Å². The van der Waals surface area contributed by atoms with Gasteiger partial charge in [-0.1, -0.05) is 12.1 Å². The number of rotatable bonds is 0. The Morgan fingerprint density at radius 2 is 1.86 bits per heavy atom. The van der Waals surface area contributed by atoms with Crippen LogP contribution in [0.4, 0.5) is 0 Å². The molecule has 0 saturated carbocycles. The molecule has 0 atom stereocenters. The molecule has 1 aliphatic rings. The molecule has 0 unspecified atom stereocenters. The molecule has 0 N–H and O–H groups in total. The van der Waals surface area contributed by atoms with Crippen LogP contribution < -0.4 is 0 Å². The number of aromatic nitrogens is 1. The summed E-state index contributed by atoms with van der Waals surface area (Å²) in [5.41, 5.74) is 3.71. The number of hydrogen-bond donors (Lipinski definition) is 0. The average molecular weight is 183 g/mol. The summed E-state index contributed by atoms with van der Waals surface area (Å²) in [6, 6.07) is 11.6. The van der Waals surface area contributed by atoms with E-state index in [1.807, 2.05) is 47.9 Å². The summed E-state index contributed by atoms with van der Waals surface area (Å²) in [7, 11) is 0. The van der Waals surface area contributed by atoms with Gasteiger partial charge in [-0.3, -0.25) is 4.79 Å². The topological polar surface area (TPSA) is 22.0 Å². The van der Waals surface area contributed by atoms with Crippen LogP contribution in [0.1, 0.15) is 21.7 Å². The van der Waals surface area contributed by atoms with Crippen LogP contribution in [0.2, 0.25) is 0 Å². The fourth-order valence-corrected chi connectivity index (χ4v) is 2.03. The van der Waals surface area contributed by atoms with Crippen molar-refractivity contribution in [3.8, 4) is 5.69 Å². The Balaban J connectivity index is 2.44. The van der Waals surface area contributed by atoms with Gasteiger partial charge in [-0.2, -0.15) is 0 Å². The van der Waals surface area contributed by atoms with Crippen molar-refractivity contribution in [1.82, 2.24) is 4.57 Å². The van der Waals surface area contributed by atoms with E-state index in [2.05, 4.69) is 0 Å². The molecular formula is C12H9NO. The first-order chi connectivity index (χ1) is 6.79. The zero-order valence-electron chi connectivity index (χ0n) is 7.82. The molecule has 0 radical (unpaired) electrons. The summed E-state index contributed by atoms with van der Waals surface area (Å²) in [6.45, 7) is 2.01. The third-order valence-corrected chi connectivity index (χ3v) is 2.70. The lowest BCUT2D eigenvalue weighted by Gasteiger charge is -2.02. The number of carbonyl (C=O) groups excluding carboxylic acids is 1. The molecule has 2 aromatic rings. The molecule has 0 spiro atoms. The molecule has 0 aliphatic carbocycles. The molecule has 2 heterocycles. The van der Waals surface area contributed by atoms with E-state index in [0.29, 0.717) is 0 Å². The maximum Gasteiger partial charge on any atom is 0.211 e. The molecule has 0 bridgehead atoms. The van der Waals surface area contributed by atoms with Gasteiger partial charge >= 0.3 is 0 Å². The first-order valence-corrected chi connectivity index (χ1v) is 4.61. The van der Waals surface area contributed by atoms with Crippen LogP contribution in [0, 0.1) is 6.92 Å². The van der Waals surface area contributed by atoms with Crippen molar-refractivity contribution < 1.29 is 4.79 Å². The highest BCUT2D eigenvalue weighted by atomic mass is 16.1. The molecule has 3 rings (SSSR count). The number of aryl methyl sites for hydroxylation is 1. The maximum atomic E-state index is 11.9. The highest BCUT2D eigenvalue weighted by Crippen LogP contribution is 2.29. The monoisotopic (exact) mass is 183 g/mol. The fourth-order valence-electron chi connectivity index (χ4n) is 2.03. The van der Waals surface area contributed by atoms with E-state index in [1.165, 1.54) is 0 Å². The van der Waals surface area contributed by atoms with E-state index < -0.39 is 0 Å². The average Bonchev–Trinajstić information content (AvgIpc) is 2.70. The van der Waals surface area contributed by atoms with E-state index in [9.17, 15) is 4.79 Å². The normalized spacial score (nSPS) is 12.8. The van der Waals surface area contributed by atoms with Crippen molar-refractivity contribution in [2.75, 3.05) is 0 Å². The van der Waals surface area contributed by atoms with Gasteiger partial charge in [0.1, 0.15) is 0 Å². The number of benzene rings is 1. The van der Waals surface area contributed by atoms with Gasteiger partial charge in [-0.15, -0.1) is 0 Å². The highest BCUT2D eigenvalue weighted by molar-refractivity contribution is 6.14. The number of fused-ring (bicyclic) bond motifs is 3. The second-order valence-electron chi connectivity index (χ2n) is 3.54. The third-order valence-electron chi connectivity index (χ3n) is 2.70. The van der Waals surface area contributed by atoms with E-state index in [1.54, 1.807) is 0 Å². The predicted molar refractivity (Wildman–Crippen MR) is 53.9 cm³/mol. The van der Waals surface area contributed by atoms with E-state index in [-0.39, 0.29) is 5.78 Å². The zero-order chi connectivity index (χ0) is 9.71. The summed E-state index contributed by atoms with van der Waals surface area (Å²) in [4.78, 5) is 11.9. The van der Waals surface area contributed by atoms with Gasteiger partial charge in [-0.25, -0.2) is 0 Å². The minimum Gasteiger partial charge on any atom is -0.310 e. The first kappa shape index (κ1) is 7.56. The molecule has 0 amide bonds. The second-order valence-corrected chi connectivity index (χ2v) is 3.54. The summed E-state index contributed by atoms with van der Waals surface area (Å²) < 4.78 is 2.01. The SMILES string of the molecule is Cc1ccc2n1-c1ccccc1C2=O. The van der Waals surface area contributed by atoms with Crippen molar-refractivity contribution in [2.45, 2.75) is 6.92 Å². The molecule has 2 heteroatoms. The quantitative estimate of drug-likeness (QED) is 0.524. The van der Waals surface area contributed by atoms with Crippen LogP contribution in [-0.2, 0) is 0 Å². The minimum atomic E-state index is 0.133. The smallest absolute Gasteiger partial charge is 0.211 e. The first-order valence-electron chi connectivity index (χ1n) is 4.61. The van der Waals surface area contributed by atoms with E-state index in [0.717, 1.165) is 22.6 Å². The number of hydrogen-bond acceptors (Lipinski definition) is 1. The van der Waals surface area contributed by atoms with E-state index in [4.69, 9.17) is 0 Å². The number of para-hydroxylation sites is 1. The molecule has 0 fully saturated rings. The van der Waals surface area contributed by atoms with Crippen molar-refractivity contribution >= 4 is 5.78 Å². The van der Waals surface area contributed by atoms with Gasteiger partial charge in [0.2, 0.25) is 5.78 Å². The fraction of sp³-hybridized carbons (Fsp3) is 0.0833. The largest absolute Gasteiger partial charge is 0.310 e. The maximum absolute atomic E-state index is 11.9. The Hall–Kier alpha value is -1.83. The Labute approximate surface area is 81.8 Å². The molecule has 0 saturated heterocycles. The number of carbonyl (C=O) groups is 1. The third kappa shape index (κ3) is 0.732. The van der Waals surface area contributed by atoms with Gasteiger partial charge in [0.15, 0.2) is 0 Å². The van der Waals surface area contributed by atoms with Crippen molar-refractivity contribution in [2.24, 2.45) is 0 Å². The highest BCUT2D eigenvalue weighted by Gasteiger charge is 2.26. The minimum absolute atomic E-state index is 0.133. The predicted octanol–water partition coefficient (Wildman–Crippen LogP) is 2.33. The Morgan fingerprint density at radius 3 is 2.71 bits per heavy atom. The summed E-state index contributed by atoms with van der Waals surface area (Å²) in [5.74, 6) is 0.133. The van der Waals surface area contributed by atoms with Crippen LogP contribution in [0.25, 0.3) is 5.69 Å². The van der Waals surface area contributed by atoms with Gasteiger partial charge < -0.3 is 4.57 Å². The van der Waals surface area contributed by atoms with Gasteiger partial charge in [0.05, 0.1) is 11.4 Å². The van der Waals surface area contributed by atoms with Crippen LogP contribution in [0.3, 0.4) is 0 Å². The van der Waals surface area contributed by atoms with Crippen LogP contribution >= 0.6 is 0 Å². The molecule has 1 aromatic heterocycles.